The molecule has 0 atom stereocenters. The summed E-state index contributed by atoms with van der Waals surface area (Å²) >= 11 is 0. The average Bonchev–Trinajstić information content (AvgIpc) is 1.69. The third kappa shape index (κ3) is 1.67. The molecule has 0 aromatic heterocycles. The molecule has 0 unspecified atom stereocenters. The lowest BCUT2D eigenvalue weighted by Crippen LogP contribution is -1.83. The Balaban J connectivity index is 4.14. The van der Waals surface area contributed by atoms with E-state index in [9.17, 15) is 0 Å². The monoisotopic (exact) mass is 110 g/mol. The van der Waals surface area contributed by atoms with E-state index in [1.165, 1.54) is 0 Å². The molecule has 0 aliphatic heterocycles. The molecule has 0 heterocycles. The zero-order chi connectivity index (χ0) is 6.57. The number of methoxy groups -OCH3 is 1. The first kappa shape index (κ1) is 7.06. The Morgan fingerprint density at radius 2 is 2.12 bits per heavy atom. The Morgan fingerprint density at radius 1 is 1.62 bits per heavy atom. The van der Waals surface area contributed by atoms with Gasteiger partial charge in [-0.1, -0.05) is 18.9 Å². The standard InChI is InChI=1S/C7H10O/c1-5-7(8-4)6(2)3/h1-2H2,3-4H3. The Morgan fingerprint density at radius 3 is 2.12 bits per heavy atom. The van der Waals surface area contributed by atoms with Crippen molar-refractivity contribution < 1.29 is 4.74 Å². The lowest BCUT2D eigenvalue weighted by atomic mass is 10.3. The summed E-state index contributed by atoms with van der Waals surface area (Å²) in [5.41, 5.74) is 3.45. The number of hydrogen-bond donors (Lipinski definition) is 0. The highest BCUT2D eigenvalue weighted by atomic mass is 16.5. The van der Waals surface area contributed by atoms with E-state index in [2.05, 4.69) is 18.9 Å². The summed E-state index contributed by atoms with van der Waals surface area (Å²) in [5, 5.41) is 0. The molecule has 0 aliphatic rings. The lowest BCUT2D eigenvalue weighted by Gasteiger charge is -1.98. The van der Waals surface area contributed by atoms with Crippen LogP contribution >= 0.6 is 0 Å². The molecule has 0 N–H and O–H groups in total. The molecule has 1 heteroatoms. The van der Waals surface area contributed by atoms with Crippen LogP contribution in [0.5, 0.6) is 0 Å². The maximum absolute atomic E-state index is 4.80. The Bertz CT molecular complexity index is 138. The van der Waals surface area contributed by atoms with Crippen LogP contribution in [0.4, 0.5) is 0 Å². The Kier molecular flexibility index (Phi) is 2.75. The van der Waals surface area contributed by atoms with Crippen molar-refractivity contribution in [1.29, 1.82) is 0 Å². The van der Waals surface area contributed by atoms with Gasteiger partial charge in [-0.05, 0) is 12.5 Å². The highest BCUT2D eigenvalue weighted by Crippen LogP contribution is 2.02. The van der Waals surface area contributed by atoms with Gasteiger partial charge in [-0.25, -0.2) is 0 Å². The maximum atomic E-state index is 4.80. The second-order valence-electron chi connectivity index (χ2n) is 1.49. The minimum Gasteiger partial charge on any atom is -0.489 e. The molecule has 0 fully saturated rings. The van der Waals surface area contributed by atoms with E-state index < -0.39 is 0 Å². The second-order valence-corrected chi connectivity index (χ2v) is 1.49. The van der Waals surface area contributed by atoms with Crippen LogP contribution in [0.3, 0.4) is 0 Å². The summed E-state index contributed by atoms with van der Waals surface area (Å²) in [6, 6.07) is 0. The van der Waals surface area contributed by atoms with Crippen molar-refractivity contribution in [2.75, 3.05) is 7.11 Å². The van der Waals surface area contributed by atoms with Gasteiger partial charge < -0.3 is 4.74 Å². The highest BCUT2D eigenvalue weighted by molar-refractivity contribution is 5.17. The number of ether oxygens (including phenoxy) is 1. The molecule has 0 aromatic rings. The third-order valence-electron chi connectivity index (χ3n) is 0.752. The molecule has 0 aromatic carbocycles. The molecule has 0 spiro atoms. The summed E-state index contributed by atoms with van der Waals surface area (Å²) in [4.78, 5) is 0. The van der Waals surface area contributed by atoms with E-state index in [1.54, 1.807) is 7.11 Å². The van der Waals surface area contributed by atoms with Gasteiger partial charge in [-0.15, -0.1) is 0 Å². The van der Waals surface area contributed by atoms with Crippen LogP contribution in [0.15, 0.2) is 30.2 Å². The topological polar surface area (TPSA) is 9.23 Å². The van der Waals surface area contributed by atoms with Crippen LogP contribution < -0.4 is 0 Å². The SMILES string of the molecule is C=C=C(OC)C(=C)C. The van der Waals surface area contributed by atoms with E-state index in [0.717, 1.165) is 5.57 Å². The molecule has 8 heavy (non-hydrogen) atoms. The first-order valence-electron chi connectivity index (χ1n) is 2.32. The van der Waals surface area contributed by atoms with Crippen LogP contribution in [0.2, 0.25) is 0 Å². The number of rotatable bonds is 2. The van der Waals surface area contributed by atoms with Crippen LogP contribution in [-0.4, -0.2) is 7.11 Å². The van der Waals surface area contributed by atoms with Gasteiger partial charge in [0, 0.05) is 0 Å². The highest BCUT2D eigenvalue weighted by Gasteiger charge is 1.89. The fourth-order valence-corrected chi connectivity index (χ4v) is 0.397. The van der Waals surface area contributed by atoms with Gasteiger partial charge >= 0.3 is 0 Å². The first-order valence-corrected chi connectivity index (χ1v) is 2.32. The molecule has 44 valence electrons. The van der Waals surface area contributed by atoms with Crippen molar-refractivity contribution >= 4 is 0 Å². The molecule has 0 aliphatic carbocycles. The molecule has 0 rings (SSSR count). The summed E-state index contributed by atoms with van der Waals surface area (Å²) in [6.45, 7) is 8.88. The number of allylic oxidation sites excluding steroid dienone is 1. The van der Waals surface area contributed by atoms with Gasteiger partial charge in [0.25, 0.3) is 0 Å². The van der Waals surface area contributed by atoms with Crippen LogP contribution in [0.1, 0.15) is 6.92 Å². The predicted molar refractivity (Wildman–Crippen MR) is 34.5 cm³/mol. The normalized spacial score (nSPS) is 7.25. The second kappa shape index (κ2) is 3.11. The zero-order valence-corrected chi connectivity index (χ0v) is 5.32. The Labute approximate surface area is 50.0 Å². The van der Waals surface area contributed by atoms with Gasteiger partial charge in [-0.2, -0.15) is 0 Å². The summed E-state index contributed by atoms with van der Waals surface area (Å²) in [6.07, 6.45) is 0. The van der Waals surface area contributed by atoms with Crippen molar-refractivity contribution in [1.82, 2.24) is 0 Å². The van der Waals surface area contributed by atoms with Crippen molar-refractivity contribution in [3.05, 3.63) is 30.2 Å². The fourth-order valence-electron chi connectivity index (χ4n) is 0.397. The number of hydrogen-bond acceptors (Lipinski definition) is 1. The minimum atomic E-state index is 0.630. The van der Waals surface area contributed by atoms with E-state index in [-0.39, 0.29) is 0 Å². The molecule has 0 radical (unpaired) electrons. The van der Waals surface area contributed by atoms with E-state index in [0.29, 0.717) is 5.76 Å². The molecule has 0 bridgehead atoms. The van der Waals surface area contributed by atoms with Gasteiger partial charge in [-0.3, -0.25) is 0 Å². The molecule has 1 nitrogen and oxygen atoms in total. The van der Waals surface area contributed by atoms with E-state index in [1.807, 2.05) is 6.92 Å². The van der Waals surface area contributed by atoms with Crippen LogP contribution in [-0.2, 0) is 4.74 Å². The van der Waals surface area contributed by atoms with E-state index >= 15 is 0 Å². The van der Waals surface area contributed by atoms with Crippen molar-refractivity contribution in [2.45, 2.75) is 6.92 Å². The van der Waals surface area contributed by atoms with Crippen LogP contribution in [0.25, 0.3) is 0 Å². The van der Waals surface area contributed by atoms with E-state index in [4.69, 9.17) is 4.74 Å². The van der Waals surface area contributed by atoms with Crippen molar-refractivity contribution in [2.24, 2.45) is 0 Å². The largest absolute Gasteiger partial charge is 0.489 e. The lowest BCUT2D eigenvalue weighted by molar-refractivity contribution is 0.302. The molecule has 0 amide bonds. The minimum absolute atomic E-state index is 0.630. The summed E-state index contributed by atoms with van der Waals surface area (Å²) in [5.74, 6) is 0.630. The Hall–Kier alpha value is -0.940. The summed E-state index contributed by atoms with van der Waals surface area (Å²) < 4.78 is 4.80. The zero-order valence-electron chi connectivity index (χ0n) is 5.32. The first-order chi connectivity index (χ1) is 3.72. The fraction of sp³-hybridized carbons (Fsp3) is 0.286. The summed E-state index contributed by atoms with van der Waals surface area (Å²) in [7, 11) is 1.57. The van der Waals surface area contributed by atoms with Gasteiger partial charge in [0.2, 0.25) is 0 Å². The van der Waals surface area contributed by atoms with Crippen molar-refractivity contribution in [3.63, 3.8) is 0 Å². The predicted octanol–water partition coefficient (Wildman–Crippen LogP) is 1.88. The van der Waals surface area contributed by atoms with Crippen molar-refractivity contribution in [3.8, 4) is 0 Å². The van der Waals surface area contributed by atoms with Crippen LogP contribution in [0, 0.1) is 0 Å². The van der Waals surface area contributed by atoms with Gasteiger partial charge in [0.1, 0.15) is 0 Å². The molecule has 0 saturated heterocycles. The maximum Gasteiger partial charge on any atom is 0.163 e. The molecular formula is C7H10O. The average molecular weight is 110 g/mol. The van der Waals surface area contributed by atoms with Gasteiger partial charge in [0.05, 0.1) is 7.11 Å². The molecular weight excluding hydrogens is 100 g/mol. The third-order valence-corrected chi connectivity index (χ3v) is 0.752. The smallest absolute Gasteiger partial charge is 0.163 e. The quantitative estimate of drug-likeness (QED) is 0.299. The van der Waals surface area contributed by atoms with Gasteiger partial charge in [0.15, 0.2) is 5.76 Å². The molecule has 0 saturated carbocycles.